The number of carbonyl (C=O) groups is 1. The highest BCUT2D eigenvalue weighted by Gasteiger charge is 2.29. The molecule has 2 heterocycles. The van der Waals surface area contributed by atoms with Gasteiger partial charge >= 0.3 is 0 Å². The lowest BCUT2D eigenvalue weighted by Gasteiger charge is -2.37. The molecule has 4 rings (SSSR count). The van der Waals surface area contributed by atoms with E-state index in [1.165, 1.54) is 19.3 Å². The average Bonchev–Trinajstić information content (AvgIpc) is 2.74. The molecule has 2 aromatic rings. The molecule has 1 aromatic heterocycles. The van der Waals surface area contributed by atoms with Crippen LogP contribution >= 0.6 is 0 Å². The molecule has 1 aromatic carbocycles. The second kappa shape index (κ2) is 8.59. The van der Waals surface area contributed by atoms with Crippen molar-refractivity contribution in [3.63, 3.8) is 0 Å². The molecule has 0 unspecified atom stereocenters. The van der Waals surface area contributed by atoms with E-state index in [2.05, 4.69) is 15.2 Å². The van der Waals surface area contributed by atoms with Crippen molar-refractivity contribution in [1.82, 2.24) is 14.9 Å². The van der Waals surface area contributed by atoms with E-state index in [-0.39, 0.29) is 5.92 Å². The van der Waals surface area contributed by atoms with Gasteiger partial charge in [0.05, 0.1) is 0 Å². The van der Waals surface area contributed by atoms with Gasteiger partial charge in [0.15, 0.2) is 0 Å². The van der Waals surface area contributed by atoms with Crippen molar-refractivity contribution < 1.29 is 4.79 Å². The zero-order valence-corrected chi connectivity index (χ0v) is 16.6. The largest absolute Gasteiger partial charge is 0.340 e. The van der Waals surface area contributed by atoms with Crippen LogP contribution in [0.5, 0.6) is 0 Å². The molecule has 1 amide bonds. The van der Waals surface area contributed by atoms with Gasteiger partial charge in [-0.1, -0.05) is 37.5 Å². The number of piperazine rings is 1. The molecule has 0 radical (unpaired) electrons. The maximum absolute atomic E-state index is 12.8. The molecule has 1 aliphatic heterocycles. The summed E-state index contributed by atoms with van der Waals surface area (Å²) in [4.78, 5) is 26.4. The number of amides is 1. The van der Waals surface area contributed by atoms with E-state index < -0.39 is 0 Å². The van der Waals surface area contributed by atoms with Gasteiger partial charge in [0, 0.05) is 49.5 Å². The van der Waals surface area contributed by atoms with E-state index in [9.17, 15) is 4.79 Å². The third-order valence-electron chi connectivity index (χ3n) is 5.72. The number of hydrogen-bond donors (Lipinski definition) is 1. The number of aromatic nitrogens is 2. The molecule has 2 fully saturated rings. The molecule has 28 heavy (non-hydrogen) atoms. The summed E-state index contributed by atoms with van der Waals surface area (Å²) < 4.78 is 0. The summed E-state index contributed by atoms with van der Waals surface area (Å²) in [6.07, 6.45) is 5.81. The van der Waals surface area contributed by atoms with Gasteiger partial charge in [0.2, 0.25) is 11.9 Å². The minimum absolute atomic E-state index is 0.247. The first-order valence-electron chi connectivity index (χ1n) is 10.4. The topological polar surface area (TPSA) is 61.4 Å². The third-order valence-corrected chi connectivity index (χ3v) is 5.72. The number of nitrogens with one attached hydrogen (secondary N) is 1. The Morgan fingerprint density at radius 2 is 1.71 bits per heavy atom. The van der Waals surface area contributed by atoms with E-state index >= 15 is 0 Å². The highest BCUT2D eigenvalue weighted by Crippen LogP contribution is 2.26. The number of benzene rings is 1. The standard InChI is InChI=1S/C22H29N5O/c1-17-16-20(24-19-10-6-3-7-11-19)25-22(23-17)27-14-12-26(13-15-27)21(28)18-8-4-2-5-9-18/h3,6-7,10-11,16,18H,2,4-5,8-9,12-15H2,1H3,(H,23,24,25). The molecule has 1 saturated carbocycles. The first-order chi connectivity index (χ1) is 13.7. The first kappa shape index (κ1) is 18.7. The molecule has 1 saturated heterocycles. The van der Waals surface area contributed by atoms with E-state index in [1.54, 1.807) is 0 Å². The van der Waals surface area contributed by atoms with Crippen molar-refractivity contribution in [2.75, 3.05) is 36.4 Å². The molecule has 6 heteroatoms. The maximum atomic E-state index is 12.8. The van der Waals surface area contributed by atoms with Crippen molar-refractivity contribution in [2.45, 2.75) is 39.0 Å². The fourth-order valence-electron chi connectivity index (χ4n) is 4.16. The number of anilines is 3. The van der Waals surface area contributed by atoms with Crippen molar-refractivity contribution >= 4 is 23.4 Å². The highest BCUT2D eigenvalue weighted by molar-refractivity contribution is 5.79. The van der Waals surface area contributed by atoms with Gasteiger partial charge in [-0.25, -0.2) is 4.98 Å². The SMILES string of the molecule is Cc1cc(Nc2ccccc2)nc(N2CCN(C(=O)C3CCCCC3)CC2)n1. The Hall–Kier alpha value is -2.63. The predicted molar refractivity (Wildman–Crippen MR) is 112 cm³/mol. The second-order valence-electron chi connectivity index (χ2n) is 7.83. The lowest BCUT2D eigenvalue weighted by atomic mass is 9.88. The molecular weight excluding hydrogens is 350 g/mol. The Labute approximate surface area is 167 Å². The van der Waals surface area contributed by atoms with Crippen LogP contribution in [0, 0.1) is 12.8 Å². The smallest absolute Gasteiger partial charge is 0.227 e. The van der Waals surface area contributed by atoms with Crippen LogP contribution in [0.3, 0.4) is 0 Å². The summed E-state index contributed by atoms with van der Waals surface area (Å²) in [5, 5.41) is 3.35. The van der Waals surface area contributed by atoms with Crippen LogP contribution in [-0.4, -0.2) is 47.0 Å². The number of carbonyl (C=O) groups excluding carboxylic acids is 1. The summed E-state index contributed by atoms with van der Waals surface area (Å²) in [7, 11) is 0. The second-order valence-corrected chi connectivity index (χ2v) is 7.83. The van der Waals surface area contributed by atoms with Gasteiger partial charge in [0.25, 0.3) is 0 Å². The molecule has 1 aliphatic carbocycles. The van der Waals surface area contributed by atoms with Crippen molar-refractivity contribution in [2.24, 2.45) is 5.92 Å². The van der Waals surface area contributed by atoms with E-state index in [0.717, 1.165) is 62.2 Å². The Balaban J connectivity index is 1.39. The lowest BCUT2D eigenvalue weighted by molar-refractivity contribution is -0.136. The molecule has 1 N–H and O–H groups in total. The fraction of sp³-hybridized carbons (Fsp3) is 0.500. The van der Waals surface area contributed by atoms with Crippen molar-refractivity contribution in [1.29, 1.82) is 0 Å². The number of hydrogen-bond acceptors (Lipinski definition) is 5. The van der Waals surface area contributed by atoms with Gasteiger partial charge in [-0.05, 0) is 31.9 Å². The van der Waals surface area contributed by atoms with Crippen LogP contribution in [-0.2, 0) is 4.79 Å². The van der Waals surface area contributed by atoms with Gasteiger partial charge < -0.3 is 15.1 Å². The van der Waals surface area contributed by atoms with Crippen molar-refractivity contribution in [3.8, 4) is 0 Å². The molecule has 6 nitrogen and oxygen atoms in total. The maximum Gasteiger partial charge on any atom is 0.227 e. The quantitative estimate of drug-likeness (QED) is 0.876. The number of rotatable bonds is 4. The zero-order valence-electron chi connectivity index (χ0n) is 16.6. The summed E-state index contributed by atoms with van der Waals surface area (Å²) >= 11 is 0. The molecule has 0 atom stereocenters. The minimum Gasteiger partial charge on any atom is -0.340 e. The average molecular weight is 380 g/mol. The summed E-state index contributed by atoms with van der Waals surface area (Å²) in [5.74, 6) is 2.14. The Morgan fingerprint density at radius 1 is 1.00 bits per heavy atom. The first-order valence-corrected chi connectivity index (χ1v) is 10.4. The molecule has 2 aliphatic rings. The normalized spacial score (nSPS) is 18.2. The van der Waals surface area contributed by atoms with Crippen LogP contribution < -0.4 is 10.2 Å². The van der Waals surface area contributed by atoms with Crippen LogP contribution in [0.15, 0.2) is 36.4 Å². The molecular formula is C22H29N5O. The fourth-order valence-corrected chi connectivity index (χ4v) is 4.16. The number of nitrogens with zero attached hydrogens (tertiary/aromatic N) is 4. The van der Waals surface area contributed by atoms with Crippen LogP contribution in [0.2, 0.25) is 0 Å². The van der Waals surface area contributed by atoms with Gasteiger partial charge in [0.1, 0.15) is 5.82 Å². The van der Waals surface area contributed by atoms with Crippen LogP contribution in [0.1, 0.15) is 37.8 Å². The summed E-state index contributed by atoms with van der Waals surface area (Å²) in [6.45, 7) is 5.08. The monoisotopic (exact) mass is 379 g/mol. The lowest BCUT2D eigenvalue weighted by Crippen LogP contribution is -2.51. The molecule has 148 valence electrons. The van der Waals surface area contributed by atoms with E-state index in [4.69, 9.17) is 4.98 Å². The number of para-hydroxylation sites is 1. The van der Waals surface area contributed by atoms with Crippen molar-refractivity contribution in [3.05, 3.63) is 42.1 Å². The Kier molecular flexibility index (Phi) is 5.74. The Morgan fingerprint density at radius 3 is 2.43 bits per heavy atom. The van der Waals surface area contributed by atoms with Gasteiger partial charge in [-0.15, -0.1) is 0 Å². The Bertz CT molecular complexity index is 796. The van der Waals surface area contributed by atoms with E-state index in [1.807, 2.05) is 48.2 Å². The van der Waals surface area contributed by atoms with E-state index in [0.29, 0.717) is 5.91 Å². The third kappa shape index (κ3) is 4.43. The summed E-state index contributed by atoms with van der Waals surface area (Å²) in [5.41, 5.74) is 1.94. The highest BCUT2D eigenvalue weighted by atomic mass is 16.2. The summed E-state index contributed by atoms with van der Waals surface area (Å²) in [6, 6.07) is 12.0. The zero-order chi connectivity index (χ0) is 19.3. The number of aryl methyl sites for hydroxylation is 1. The van der Waals surface area contributed by atoms with Gasteiger partial charge in [-0.2, -0.15) is 4.98 Å². The predicted octanol–water partition coefficient (Wildman–Crippen LogP) is 3.76. The minimum atomic E-state index is 0.247. The molecule has 0 spiro atoms. The van der Waals surface area contributed by atoms with Gasteiger partial charge in [-0.3, -0.25) is 4.79 Å². The van der Waals surface area contributed by atoms with Crippen LogP contribution in [0.4, 0.5) is 17.5 Å². The molecule has 0 bridgehead atoms. The van der Waals surface area contributed by atoms with Crippen LogP contribution in [0.25, 0.3) is 0 Å².